The Morgan fingerprint density at radius 1 is 1.50 bits per heavy atom. The zero-order valence-corrected chi connectivity index (χ0v) is 8.16. The number of pyridine rings is 1. The van der Waals surface area contributed by atoms with Gasteiger partial charge in [0.1, 0.15) is 13.1 Å². The van der Waals surface area contributed by atoms with Crippen LogP contribution in [0.15, 0.2) is 12.3 Å². The summed E-state index contributed by atoms with van der Waals surface area (Å²) >= 11 is 0. The monoisotopic (exact) mass is 187 g/mol. The first-order valence-electron chi connectivity index (χ1n) is 5.34. The molecule has 14 heavy (non-hydrogen) atoms. The minimum Gasteiger partial charge on any atom is -0.398 e. The summed E-state index contributed by atoms with van der Waals surface area (Å²) in [5, 5.41) is 3.51. The second kappa shape index (κ2) is 2.90. The van der Waals surface area contributed by atoms with E-state index < -0.39 is 0 Å². The molecule has 2 aliphatic heterocycles. The molecule has 1 aromatic heterocycles. The van der Waals surface area contributed by atoms with Gasteiger partial charge in [-0.1, -0.05) is 12.6 Å². The van der Waals surface area contributed by atoms with Gasteiger partial charge in [-0.05, 0) is 18.4 Å². The molecule has 72 valence electrons. The normalized spacial score (nSPS) is 28.6. The molecule has 3 N–H and O–H groups in total. The van der Waals surface area contributed by atoms with Gasteiger partial charge in [0.05, 0.1) is 0 Å². The van der Waals surface area contributed by atoms with Crippen LogP contribution in [0.5, 0.6) is 0 Å². The predicted octanol–water partition coefficient (Wildman–Crippen LogP) is 0.903. The summed E-state index contributed by atoms with van der Waals surface area (Å²) in [6.07, 6.45) is 5.54. The molecule has 0 radical (unpaired) electrons. The largest absolute Gasteiger partial charge is 0.398 e. The average molecular weight is 187 g/mol. The molecule has 0 aromatic carbocycles. The summed E-state index contributed by atoms with van der Waals surface area (Å²) in [6.45, 7) is 0. The van der Waals surface area contributed by atoms with Crippen molar-refractivity contribution in [3.8, 4) is 0 Å². The third-order valence-corrected chi connectivity index (χ3v) is 3.54. The van der Waals surface area contributed by atoms with Crippen LogP contribution in [0.4, 0.5) is 11.5 Å². The van der Waals surface area contributed by atoms with E-state index in [0.717, 1.165) is 23.8 Å². The summed E-state index contributed by atoms with van der Waals surface area (Å²) in [5.74, 6) is 1.81. The highest BCUT2D eigenvalue weighted by Crippen LogP contribution is 2.36. The van der Waals surface area contributed by atoms with Crippen LogP contribution >= 0.6 is 0 Å². The van der Waals surface area contributed by atoms with Crippen LogP contribution < -0.4 is 11.1 Å². The first-order chi connectivity index (χ1) is 6.84. The maximum absolute atomic E-state index is 5.94. The van der Waals surface area contributed by atoms with Gasteiger partial charge in [-0.25, -0.2) is 4.98 Å². The molecule has 0 bridgehead atoms. The van der Waals surface area contributed by atoms with Crippen LogP contribution in [-0.4, -0.2) is 18.3 Å². The fourth-order valence-electron chi connectivity index (χ4n) is 2.76. The van der Waals surface area contributed by atoms with Crippen molar-refractivity contribution < 1.29 is 0 Å². The molecular formula is C10H14BN3. The second-order valence-corrected chi connectivity index (χ2v) is 4.37. The van der Waals surface area contributed by atoms with E-state index in [-0.39, 0.29) is 0 Å². The van der Waals surface area contributed by atoms with Gasteiger partial charge in [0, 0.05) is 23.5 Å². The molecule has 0 spiro atoms. The zero-order chi connectivity index (χ0) is 9.54. The van der Waals surface area contributed by atoms with Crippen molar-refractivity contribution in [2.24, 2.45) is 5.92 Å². The van der Waals surface area contributed by atoms with Crippen LogP contribution in [0.2, 0.25) is 12.6 Å². The van der Waals surface area contributed by atoms with E-state index in [1.54, 1.807) is 6.20 Å². The standard InChI is InChI=1S/C10H14BN3/c12-8-1-2-13-10-7(8)3-6-4-11-5-9(6)14-10/h1-2,6,9,11H,3-5H2,(H3,12,13,14). The fraction of sp³-hybridized carbons (Fsp3) is 0.500. The van der Waals surface area contributed by atoms with Crippen LogP contribution in [0, 0.1) is 5.92 Å². The number of rotatable bonds is 0. The lowest BCUT2D eigenvalue weighted by atomic mass is 9.76. The Hall–Kier alpha value is -1.19. The third kappa shape index (κ3) is 1.10. The number of nitrogens with one attached hydrogen (secondary N) is 1. The molecule has 0 aliphatic carbocycles. The molecule has 2 atom stereocenters. The topological polar surface area (TPSA) is 50.9 Å². The Balaban J connectivity index is 2.01. The molecule has 2 aliphatic rings. The first kappa shape index (κ1) is 8.15. The summed E-state index contributed by atoms with van der Waals surface area (Å²) in [4.78, 5) is 4.35. The highest BCUT2D eigenvalue weighted by molar-refractivity contribution is 6.37. The van der Waals surface area contributed by atoms with Crippen molar-refractivity contribution in [2.75, 3.05) is 11.1 Å². The van der Waals surface area contributed by atoms with Gasteiger partial charge in [-0.2, -0.15) is 0 Å². The molecule has 0 saturated carbocycles. The van der Waals surface area contributed by atoms with Crippen molar-refractivity contribution in [3.63, 3.8) is 0 Å². The van der Waals surface area contributed by atoms with Gasteiger partial charge in [0.25, 0.3) is 0 Å². The lowest BCUT2D eigenvalue weighted by Gasteiger charge is -2.29. The molecule has 2 unspecified atom stereocenters. The summed E-state index contributed by atoms with van der Waals surface area (Å²) in [6, 6.07) is 2.55. The summed E-state index contributed by atoms with van der Waals surface area (Å²) in [7, 11) is 1.34. The quantitative estimate of drug-likeness (QED) is 0.593. The molecule has 1 fully saturated rings. The van der Waals surface area contributed by atoms with Gasteiger partial charge in [-0.3, -0.25) is 0 Å². The van der Waals surface area contributed by atoms with Gasteiger partial charge >= 0.3 is 0 Å². The molecule has 4 heteroatoms. The molecule has 3 rings (SSSR count). The Morgan fingerprint density at radius 2 is 2.43 bits per heavy atom. The van der Waals surface area contributed by atoms with Crippen LogP contribution in [-0.2, 0) is 6.42 Å². The number of aromatic nitrogens is 1. The minimum atomic E-state index is 0.650. The van der Waals surface area contributed by atoms with Crippen molar-refractivity contribution in [2.45, 2.75) is 25.1 Å². The lowest BCUT2D eigenvalue weighted by molar-refractivity contribution is 0.514. The number of nitrogen functional groups attached to an aromatic ring is 1. The number of hydrogen-bond donors (Lipinski definition) is 2. The molecular weight excluding hydrogens is 173 g/mol. The molecule has 3 heterocycles. The minimum absolute atomic E-state index is 0.650. The zero-order valence-electron chi connectivity index (χ0n) is 8.16. The van der Waals surface area contributed by atoms with Crippen molar-refractivity contribution in [3.05, 3.63) is 17.8 Å². The number of nitrogens with zero attached hydrogens (tertiary/aromatic N) is 1. The van der Waals surface area contributed by atoms with Crippen LogP contribution in [0.1, 0.15) is 5.56 Å². The maximum Gasteiger partial charge on any atom is 0.131 e. The Kier molecular flexibility index (Phi) is 1.69. The van der Waals surface area contributed by atoms with Gasteiger partial charge in [-0.15, -0.1) is 0 Å². The van der Waals surface area contributed by atoms with E-state index in [1.165, 1.54) is 25.5 Å². The Morgan fingerprint density at radius 3 is 3.36 bits per heavy atom. The third-order valence-electron chi connectivity index (χ3n) is 3.54. The summed E-state index contributed by atoms with van der Waals surface area (Å²) < 4.78 is 0. The SMILES string of the molecule is Nc1ccnc2c1CC1CBCC1N2. The smallest absolute Gasteiger partial charge is 0.131 e. The fourth-order valence-corrected chi connectivity index (χ4v) is 2.76. The van der Waals surface area contributed by atoms with E-state index >= 15 is 0 Å². The Bertz CT molecular complexity index is 366. The average Bonchev–Trinajstić information content (AvgIpc) is 2.62. The second-order valence-electron chi connectivity index (χ2n) is 4.37. The number of anilines is 2. The lowest BCUT2D eigenvalue weighted by Crippen LogP contribution is -2.31. The van der Waals surface area contributed by atoms with E-state index in [0.29, 0.717) is 6.04 Å². The van der Waals surface area contributed by atoms with E-state index in [4.69, 9.17) is 5.73 Å². The van der Waals surface area contributed by atoms with Gasteiger partial charge in [0.2, 0.25) is 0 Å². The van der Waals surface area contributed by atoms with Crippen molar-refractivity contribution in [1.29, 1.82) is 0 Å². The van der Waals surface area contributed by atoms with E-state index in [1.807, 2.05) is 6.07 Å². The highest BCUT2D eigenvalue weighted by Gasteiger charge is 2.33. The van der Waals surface area contributed by atoms with E-state index in [2.05, 4.69) is 10.3 Å². The number of hydrogen-bond acceptors (Lipinski definition) is 3. The van der Waals surface area contributed by atoms with Gasteiger partial charge in [0.15, 0.2) is 0 Å². The van der Waals surface area contributed by atoms with Crippen molar-refractivity contribution >= 4 is 18.8 Å². The Labute approximate surface area is 84.3 Å². The van der Waals surface area contributed by atoms with E-state index in [9.17, 15) is 0 Å². The maximum atomic E-state index is 5.94. The molecule has 1 saturated heterocycles. The first-order valence-corrected chi connectivity index (χ1v) is 5.34. The molecule has 0 amide bonds. The molecule has 3 nitrogen and oxygen atoms in total. The summed E-state index contributed by atoms with van der Waals surface area (Å²) in [5.41, 5.74) is 8.07. The van der Waals surface area contributed by atoms with Crippen molar-refractivity contribution in [1.82, 2.24) is 4.98 Å². The van der Waals surface area contributed by atoms with Gasteiger partial charge < -0.3 is 11.1 Å². The highest BCUT2D eigenvalue weighted by atomic mass is 15.0. The predicted molar refractivity (Wildman–Crippen MR) is 60.0 cm³/mol. The molecule has 1 aromatic rings. The number of fused-ring (bicyclic) bond motifs is 2. The van der Waals surface area contributed by atoms with Crippen LogP contribution in [0.25, 0.3) is 0 Å². The number of nitrogens with two attached hydrogens (primary N) is 1. The van der Waals surface area contributed by atoms with Crippen LogP contribution in [0.3, 0.4) is 0 Å².